The normalized spacial score (nSPS) is 9.17. The SMILES string of the molecule is CC(C)C(=O)Nc1ccccc1COC=O.CN. The molecule has 0 bridgehead atoms. The highest BCUT2D eigenvalue weighted by atomic mass is 16.5. The molecular formula is C13H20N2O3. The number of nitrogens with one attached hydrogen (secondary N) is 1. The van der Waals surface area contributed by atoms with Gasteiger partial charge in [-0.2, -0.15) is 0 Å². The lowest BCUT2D eigenvalue weighted by Crippen LogP contribution is -2.18. The molecule has 0 aliphatic rings. The Kier molecular flexibility index (Phi) is 8.22. The van der Waals surface area contributed by atoms with Gasteiger partial charge in [0.2, 0.25) is 5.91 Å². The molecule has 0 unspecified atom stereocenters. The topological polar surface area (TPSA) is 81.4 Å². The summed E-state index contributed by atoms with van der Waals surface area (Å²) in [5, 5.41) is 2.78. The summed E-state index contributed by atoms with van der Waals surface area (Å²) in [5.74, 6) is -0.140. The molecule has 1 aromatic rings. The largest absolute Gasteiger partial charge is 0.463 e. The number of anilines is 1. The van der Waals surface area contributed by atoms with Crippen molar-refractivity contribution in [1.82, 2.24) is 0 Å². The van der Waals surface area contributed by atoms with Gasteiger partial charge in [0.15, 0.2) is 0 Å². The number of rotatable bonds is 5. The van der Waals surface area contributed by atoms with Crippen molar-refractivity contribution in [2.24, 2.45) is 11.7 Å². The van der Waals surface area contributed by atoms with E-state index in [2.05, 4.69) is 15.8 Å². The quantitative estimate of drug-likeness (QED) is 0.779. The van der Waals surface area contributed by atoms with E-state index in [1.165, 1.54) is 7.05 Å². The van der Waals surface area contributed by atoms with Gasteiger partial charge in [0.05, 0.1) is 0 Å². The van der Waals surface area contributed by atoms with Crippen molar-refractivity contribution in [2.45, 2.75) is 20.5 Å². The first-order valence-electron chi connectivity index (χ1n) is 5.67. The summed E-state index contributed by atoms with van der Waals surface area (Å²) < 4.78 is 4.67. The standard InChI is InChI=1S/C12H15NO3.CH5N/c1-9(2)12(15)13-11-6-4-3-5-10(11)7-16-8-14;1-2/h3-6,8-9H,7H2,1-2H3,(H,13,15);2H2,1H3. The molecule has 1 rings (SSSR count). The number of ether oxygens (including phenoxy) is 1. The van der Waals surface area contributed by atoms with Crippen LogP contribution in [0, 0.1) is 5.92 Å². The molecule has 0 saturated heterocycles. The molecule has 0 saturated carbocycles. The van der Waals surface area contributed by atoms with E-state index in [4.69, 9.17) is 0 Å². The summed E-state index contributed by atoms with van der Waals surface area (Å²) >= 11 is 0. The fourth-order valence-electron chi connectivity index (χ4n) is 1.17. The van der Waals surface area contributed by atoms with Crippen molar-refractivity contribution >= 4 is 18.1 Å². The van der Waals surface area contributed by atoms with Crippen molar-refractivity contribution in [3.05, 3.63) is 29.8 Å². The Morgan fingerprint density at radius 1 is 1.39 bits per heavy atom. The Bertz CT molecular complexity index is 378. The number of amides is 1. The predicted octanol–water partition coefficient (Wildman–Crippen LogP) is 1.53. The molecule has 5 heteroatoms. The first-order valence-corrected chi connectivity index (χ1v) is 5.67. The summed E-state index contributed by atoms with van der Waals surface area (Å²) in [7, 11) is 1.50. The lowest BCUT2D eigenvalue weighted by Gasteiger charge is -2.11. The highest BCUT2D eigenvalue weighted by Gasteiger charge is 2.09. The van der Waals surface area contributed by atoms with Crippen molar-refractivity contribution in [1.29, 1.82) is 0 Å². The molecule has 0 atom stereocenters. The number of hydrogen-bond donors (Lipinski definition) is 2. The molecule has 18 heavy (non-hydrogen) atoms. The summed E-state index contributed by atoms with van der Waals surface area (Å²) in [5.41, 5.74) is 5.96. The minimum atomic E-state index is -0.0833. The third-order valence-corrected chi connectivity index (χ3v) is 2.11. The maximum atomic E-state index is 11.5. The molecule has 0 fully saturated rings. The van der Waals surface area contributed by atoms with E-state index in [9.17, 15) is 9.59 Å². The molecular weight excluding hydrogens is 232 g/mol. The fourth-order valence-corrected chi connectivity index (χ4v) is 1.17. The van der Waals surface area contributed by atoms with Gasteiger partial charge in [0, 0.05) is 17.2 Å². The Labute approximate surface area is 107 Å². The maximum absolute atomic E-state index is 11.5. The smallest absolute Gasteiger partial charge is 0.293 e. The minimum absolute atomic E-state index is 0.0569. The monoisotopic (exact) mass is 252 g/mol. The van der Waals surface area contributed by atoms with E-state index in [1.807, 2.05) is 26.0 Å². The van der Waals surface area contributed by atoms with Crippen LogP contribution >= 0.6 is 0 Å². The molecule has 0 radical (unpaired) electrons. The number of nitrogens with two attached hydrogens (primary N) is 1. The van der Waals surface area contributed by atoms with Crippen LogP contribution in [0.4, 0.5) is 5.69 Å². The van der Waals surface area contributed by atoms with Gasteiger partial charge >= 0.3 is 0 Å². The molecule has 3 N–H and O–H groups in total. The second-order valence-corrected chi connectivity index (χ2v) is 3.71. The molecule has 0 aromatic heterocycles. The van der Waals surface area contributed by atoms with Crippen molar-refractivity contribution in [2.75, 3.05) is 12.4 Å². The molecule has 1 amide bonds. The molecule has 5 nitrogen and oxygen atoms in total. The van der Waals surface area contributed by atoms with Crippen LogP contribution in [0.25, 0.3) is 0 Å². The molecule has 0 heterocycles. The van der Waals surface area contributed by atoms with Gasteiger partial charge in [0.25, 0.3) is 6.47 Å². The maximum Gasteiger partial charge on any atom is 0.293 e. The third-order valence-electron chi connectivity index (χ3n) is 2.11. The molecule has 0 spiro atoms. The number of para-hydroxylation sites is 1. The Morgan fingerprint density at radius 2 is 2.00 bits per heavy atom. The van der Waals surface area contributed by atoms with E-state index in [0.717, 1.165) is 5.56 Å². The summed E-state index contributed by atoms with van der Waals surface area (Å²) in [6.07, 6.45) is 0. The second kappa shape index (κ2) is 9.18. The minimum Gasteiger partial charge on any atom is -0.463 e. The molecule has 1 aromatic carbocycles. The van der Waals surface area contributed by atoms with Crippen molar-refractivity contribution < 1.29 is 14.3 Å². The van der Waals surface area contributed by atoms with Gasteiger partial charge < -0.3 is 15.8 Å². The summed E-state index contributed by atoms with van der Waals surface area (Å²) in [4.78, 5) is 21.6. The highest BCUT2D eigenvalue weighted by Crippen LogP contribution is 2.16. The average Bonchev–Trinajstić information content (AvgIpc) is 2.40. The van der Waals surface area contributed by atoms with Gasteiger partial charge in [-0.05, 0) is 13.1 Å². The van der Waals surface area contributed by atoms with E-state index in [1.54, 1.807) is 12.1 Å². The van der Waals surface area contributed by atoms with Crippen LogP contribution in [0.5, 0.6) is 0 Å². The lowest BCUT2D eigenvalue weighted by molar-refractivity contribution is -0.129. The van der Waals surface area contributed by atoms with Crippen LogP contribution < -0.4 is 11.1 Å². The summed E-state index contributed by atoms with van der Waals surface area (Å²) in [6, 6.07) is 7.23. The first-order chi connectivity index (χ1) is 8.65. The third kappa shape index (κ3) is 5.45. The van der Waals surface area contributed by atoms with E-state index >= 15 is 0 Å². The van der Waals surface area contributed by atoms with Crippen LogP contribution in [0.2, 0.25) is 0 Å². The zero-order chi connectivity index (χ0) is 14.0. The Hall–Kier alpha value is -1.88. The fraction of sp³-hybridized carbons (Fsp3) is 0.385. The Morgan fingerprint density at radius 3 is 2.56 bits per heavy atom. The van der Waals surface area contributed by atoms with Crippen molar-refractivity contribution in [3.8, 4) is 0 Å². The first kappa shape index (κ1) is 16.1. The Balaban J connectivity index is 0.00000137. The average molecular weight is 252 g/mol. The van der Waals surface area contributed by atoms with Crippen LogP contribution in [0.15, 0.2) is 24.3 Å². The van der Waals surface area contributed by atoms with Crippen LogP contribution in [-0.2, 0) is 20.9 Å². The van der Waals surface area contributed by atoms with Gasteiger partial charge in [-0.1, -0.05) is 32.0 Å². The van der Waals surface area contributed by atoms with Gasteiger partial charge in [0.1, 0.15) is 6.61 Å². The van der Waals surface area contributed by atoms with Crippen LogP contribution in [-0.4, -0.2) is 19.4 Å². The zero-order valence-electron chi connectivity index (χ0n) is 11.0. The van der Waals surface area contributed by atoms with Gasteiger partial charge in [-0.25, -0.2) is 0 Å². The number of carbonyl (C=O) groups excluding carboxylic acids is 2. The number of carbonyl (C=O) groups is 2. The summed E-state index contributed by atoms with van der Waals surface area (Å²) in [6.45, 7) is 4.19. The van der Waals surface area contributed by atoms with Gasteiger partial charge in [-0.15, -0.1) is 0 Å². The second-order valence-electron chi connectivity index (χ2n) is 3.71. The number of hydrogen-bond acceptors (Lipinski definition) is 4. The number of benzene rings is 1. The van der Waals surface area contributed by atoms with E-state index < -0.39 is 0 Å². The lowest BCUT2D eigenvalue weighted by atomic mass is 10.1. The molecule has 100 valence electrons. The van der Waals surface area contributed by atoms with E-state index in [0.29, 0.717) is 12.2 Å². The van der Waals surface area contributed by atoms with Crippen LogP contribution in [0.3, 0.4) is 0 Å². The zero-order valence-corrected chi connectivity index (χ0v) is 11.0. The van der Waals surface area contributed by atoms with Crippen LogP contribution in [0.1, 0.15) is 19.4 Å². The predicted molar refractivity (Wildman–Crippen MR) is 70.9 cm³/mol. The van der Waals surface area contributed by atoms with Crippen molar-refractivity contribution in [3.63, 3.8) is 0 Å². The highest BCUT2D eigenvalue weighted by molar-refractivity contribution is 5.92. The van der Waals surface area contributed by atoms with Gasteiger partial charge in [-0.3, -0.25) is 9.59 Å². The van der Waals surface area contributed by atoms with E-state index in [-0.39, 0.29) is 18.4 Å². The molecule has 0 aliphatic heterocycles. The molecule has 0 aliphatic carbocycles.